The average molecular weight is 732 g/mol. The van der Waals surface area contributed by atoms with Gasteiger partial charge in [-0.3, -0.25) is 4.57 Å². The predicted molar refractivity (Wildman–Crippen MR) is 180 cm³/mol. The molecule has 224 valence electrons. The van der Waals surface area contributed by atoms with Gasteiger partial charge in [0.25, 0.3) is 0 Å². The first-order valence-electron chi connectivity index (χ1n) is 12.9. The fourth-order valence-electron chi connectivity index (χ4n) is 4.15. The Hall–Kier alpha value is -1.37. The molecule has 2 aromatic carbocycles. The molecule has 0 bridgehead atoms. The van der Waals surface area contributed by atoms with Crippen molar-refractivity contribution in [2.45, 2.75) is 47.5 Å². The van der Waals surface area contributed by atoms with Crippen LogP contribution in [0.1, 0.15) is 37.6 Å². The number of halogens is 3. The molecule has 1 aliphatic carbocycles. The summed E-state index contributed by atoms with van der Waals surface area (Å²) in [5.74, 6) is 0. The van der Waals surface area contributed by atoms with E-state index >= 15 is 8.78 Å². The molecule has 1 heterocycles. The number of thiol groups is 3. The Kier molecular flexibility index (Phi) is 11.0. The molecule has 42 heavy (non-hydrogen) atoms. The molecule has 0 N–H and O–H groups in total. The lowest BCUT2D eigenvalue weighted by Crippen LogP contribution is -2.20. The summed E-state index contributed by atoms with van der Waals surface area (Å²) in [4.78, 5) is 7.01. The van der Waals surface area contributed by atoms with E-state index in [9.17, 15) is 4.57 Å². The van der Waals surface area contributed by atoms with E-state index < -0.39 is 23.6 Å². The van der Waals surface area contributed by atoms with Crippen LogP contribution in [0.5, 0.6) is 0 Å². The standard InChI is InChI=1S/C29H30BrF2N2O3PS4/c1-4-36-38(35,37-5-2)29(31,32)22-10-8-19(15-23(22)30)17-34-24(20-7-6-13-28(3,41)14-12-20)18-42-27(34)33-21-9-11-25(39)26(40)16-21/h6-16,18,39-41H,4-5,17H2,1-3H3. The summed E-state index contributed by atoms with van der Waals surface area (Å²) in [6.07, 6.45) is 9.97. The third-order valence-electron chi connectivity index (χ3n) is 6.23. The number of benzene rings is 2. The first kappa shape index (κ1) is 33.5. The van der Waals surface area contributed by atoms with Crippen LogP contribution in [0.3, 0.4) is 0 Å². The van der Waals surface area contributed by atoms with Crippen molar-refractivity contribution in [3.63, 3.8) is 0 Å². The summed E-state index contributed by atoms with van der Waals surface area (Å²) in [6, 6.07) is 9.94. The normalized spacial score (nSPS) is 17.9. The SMILES string of the molecule is CCOP(=O)(OCC)C(F)(F)c1ccc(Cn2c(C3=CC=CC(C)(S)C=C3)csc2=Nc2ccc(S)c(S)c2)cc1Br. The molecule has 0 fully saturated rings. The highest BCUT2D eigenvalue weighted by atomic mass is 79.9. The lowest BCUT2D eigenvalue weighted by molar-refractivity contribution is 0.0354. The number of hydrogen-bond donors (Lipinski definition) is 3. The molecule has 0 radical (unpaired) electrons. The van der Waals surface area contributed by atoms with Crippen LogP contribution in [0.15, 0.2) is 91.4 Å². The van der Waals surface area contributed by atoms with Crippen molar-refractivity contribution in [2.75, 3.05) is 13.2 Å². The lowest BCUT2D eigenvalue weighted by Gasteiger charge is -2.26. The van der Waals surface area contributed by atoms with E-state index in [1.807, 2.05) is 65.5 Å². The molecule has 1 unspecified atom stereocenters. The number of allylic oxidation sites excluding steroid dienone is 4. The molecule has 5 nitrogen and oxygen atoms in total. The van der Waals surface area contributed by atoms with Gasteiger partial charge in [-0.2, -0.15) is 21.4 Å². The van der Waals surface area contributed by atoms with Gasteiger partial charge in [-0.25, -0.2) is 4.99 Å². The molecule has 0 aliphatic heterocycles. The van der Waals surface area contributed by atoms with E-state index in [1.165, 1.54) is 31.3 Å². The maximum absolute atomic E-state index is 15.5. The van der Waals surface area contributed by atoms with E-state index in [0.29, 0.717) is 21.9 Å². The summed E-state index contributed by atoms with van der Waals surface area (Å²) in [5.41, 5.74) is -1.07. The van der Waals surface area contributed by atoms with Crippen LogP contribution in [-0.2, 0) is 25.8 Å². The molecule has 0 spiro atoms. The number of thiazole rings is 1. The Morgan fingerprint density at radius 3 is 2.45 bits per heavy atom. The second-order valence-corrected chi connectivity index (χ2v) is 15.2. The molecule has 3 aromatic rings. The van der Waals surface area contributed by atoms with Gasteiger partial charge in [-0.05, 0) is 56.2 Å². The fourth-order valence-corrected chi connectivity index (χ4v) is 7.98. The maximum Gasteiger partial charge on any atom is 0.404 e. The summed E-state index contributed by atoms with van der Waals surface area (Å²) >= 11 is 18.3. The first-order chi connectivity index (χ1) is 19.8. The van der Waals surface area contributed by atoms with Crippen molar-refractivity contribution in [3.05, 3.63) is 98.3 Å². The Bertz CT molecular complexity index is 1670. The third-order valence-corrected chi connectivity index (χ3v) is 11.1. The third kappa shape index (κ3) is 7.46. The van der Waals surface area contributed by atoms with Crippen LogP contribution in [-0.4, -0.2) is 22.5 Å². The second kappa shape index (κ2) is 13.7. The van der Waals surface area contributed by atoms with Gasteiger partial charge in [0, 0.05) is 30.0 Å². The first-order valence-corrected chi connectivity index (χ1v) is 17.5. The zero-order valence-electron chi connectivity index (χ0n) is 23.0. The minimum Gasteiger partial charge on any atom is -0.312 e. The molecular weight excluding hydrogens is 701 g/mol. The highest BCUT2D eigenvalue weighted by Gasteiger charge is 2.55. The van der Waals surface area contributed by atoms with Gasteiger partial charge < -0.3 is 13.6 Å². The molecule has 4 rings (SSSR count). The number of nitrogens with zero attached hydrogens (tertiary/aromatic N) is 2. The quantitative estimate of drug-likeness (QED) is 0.144. The zero-order valence-corrected chi connectivity index (χ0v) is 29.0. The molecule has 0 amide bonds. The average Bonchev–Trinajstić information content (AvgIpc) is 3.19. The van der Waals surface area contributed by atoms with Gasteiger partial charge in [-0.15, -0.1) is 36.6 Å². The van der Waals surface area contributed by atoms with Crippen LogP contribution in [0.4, 0.5) is 14.5 Å². The largest absolute Gasteiger partial charge is 0.404 e. The topological polar surface area (TPSA) is 52.8 Å². The minimum atomic E-state index is -4.76. The smallest absolute Gasteiger partial charge is 0.312 e. The van der Waals surface area contributed by atoms with E-state index in [0.717, 1.165) is 21.7 Å². The molecule has 13 heteroatoms. The van der Waals surface area contributed by atoms with Crippen molar-refractivity contribution >= 4 is 84.0 Å². The Morgan fingerprint density at radius 1 is 1.10 bits per heavy atom. The van der Waals surface area contributed by atoms with Gasteiger partial charge in [0.2, 0.25) is 0 Å². The summed E-state index contributed by atoms with van der Waals surface area (Å²) in [5, 5.41) is 2.01. The van der Waals surface area contributed by atoms with E-state index in [1.54, 1.807) is 12.1 Å². The molecule has 1 atom stereocenters. The monoisotopic (exact) mass is 730 g/mol. The van der Waals surface area contributed by atoms with Gasteiger partial charge >= 0.3 is 13.3 Å². The molecule has 0 saturated carbocycles. The van der Waals surface area contributed by atoms with Crippen molar-refractivity contribution in [3.8, 4) is 0 Å². The van der Waals surface area contributed by atoms with Gasteiger partial charge in [0.05, 0.1) is 31.1 Å². The predicted octanol–water partition coefficient (Wildman–Crippen LogP) is 9.68. The van der Waals surface area contributed by atoms with Gasteiger partial charge in [-0.1, -0.05) is 58.4 Å². The number of rotatable bonds is 10. The highest BCUT2D eigenvalue weighted by molar-refractivity contribution is 9.10. The van der Waals surface area contributed by atoms with Crippen molar-refractivity contribution in [2.24, 2.45) is 4.99 Å². The van der Waals surface area contributed by atoms with Crippen LogP contribution >= 0.6 is 72.7 Å². The molecular formula is C29H30BrF2N2O3PS4. The Morgan fingerprint density at radius 2 is 1.81 bits per heavy atom. The Labute approximate surface area is 273 Å². The number of aromatic nitrogens is 1. The minimum absolute atomic E-state index is 0.0898. The van der Waals surface area contributed by atoms with Crippen molar-refractivity contribution in [1.29, 1.82) is 0 Å². The molecule has 0 saturated heterocycles. The summed E-state index contributed by atoms with van der Waals surface area (Å²) in [6.45, 7) is 4.95. The van der Waals surface area contributed by atoms with Crippen LogP contribution in [0, 0.1) is 0 Å². The summed E-state index contributed by atoms with van der Waals surface area (Å²) < 4.78 is 55.7. The van der Waals surface area contributed by atoms with E-state index in [4.69, 9.17) is 14.0 Å². The maximum atomic E-state index is 15.5. The fraction of sp³-hybridized carbons (Fsp3) is 0.276. The van der Waals surface area contributed by atoms with E-state index in [2.05, 4.69) is 53.8 Å². The lowest BCUT2D eigenvalue weighted by atomic mass is 10.1. The number of hydrogen-bond acceptors (Lipinski definition) is 8. The van der Waals surface area contributed by atoms with Crippen molar-refractivity contribution < 1.29 is 22.4 Å². The molecule has 1 aromatic heterocycles. The Balaban J connectivity index is 1.80. The zero-order chi connectivity index (χ0) is 30.7. The van der Waals surface area contributed by atoms with Crippen molar-refractivity contribution in [1.82, 2.24) is 4.57 Å². The van der Waals surface area contributed by atoms with Crippen LogP contribution in [0.2, 0.25) is 0 Å². The molecule has 1 aliphatic rings. The second-order valence-electron chi connectivity index (χ2n) is 9.50. The highest BCUT2D eigenvalue weighted by Crippen LogP contribution is 2.67. The van der Waals surface area contributed by atoms with Gasteiger partial charge in [0.15, 0.2) is 4.80 Å². The number of alkyl halides is 2. The van der Waals surface area contributed by atoms with Gasteiger partial charge in [0.1, 0.15) is 0 Å². The summed E-state index contributed by atoms with van der Waals surface area (Å²) in [7, 11) is -4.76. The van der Waals surface area contributed by atoms with Crippen LogP contribution in [0.25, 0.3) is 5.57 Å². The van der Waals surface area contributed by atoms with Crippen LogP contribution < -0.4 is 4.80 Å². The van der Waals surface area contributed by atoms with E-state index in [-0.39, 0.29) is 17.7 Å².